The van der Waals surface area contributed by atoms with Gasteiger partial charge in [-0.15, -0.1) is 0 Å². The van der Waals surface area contributed by atoms with Crippen molar-refractivity contribution in [2.24, 2.45) is 23.7 Å². The Kier molecular flexibility index (Phi) is 6.40. The lowest BCUT2D eigenvalue weighted by Crippen LogP contribution is -2.30. The lowest BCUT2D eigenvalue weighted by atomic mass is 9.95. The first-order chi connectivity index (χ1) is 13.9. The largest absolute Gasteiger partial charge is 0.398 e. The fourth-order valence-corrected chi connectivity index (χ4v) is 6.69. The van der Waals surface area contributed by atoms with Gasteiger partial charge in [0.15, 0.2) is 0 Å². The SMILES string of the molecule is CCCC(CCC1CC1)CNS(=O)(=O)c1ccc(NC2CC3CCC2C3)cc1N. The molecule has 6 heteroatoms. The van der Waals surface area contributed by atoms with E-state index in [1.807, 2.05) is 6.07 Å². The number of anilines is 2. The summed E-state index contributed by atoms with van der Waals surface area (Å²) in [5.41, 5.74) is 7.44. The minimum atomic E-state index is -3.58. The van der Waals surface area contributed by atoms with Crippen LogP contribution in [0.1, 0.15) is 71.1 Å². The van der Waals surface area contributed by atoms with Gasteiger partial charge in [0.05, 0.1) is 5.69 Å². The number of hydrogen-bond donors (Lipinski definition) is 3. The van der Waals surface area contributed by atoms with Gasteiger partial charge in [-0.1, -0.05) is 39.0 Å². The molecule has 0 radical (unpaired) electrons. The maximum absolute atomic E-state index is 12.9. The van der Waals surface area contributed by atoms with Crippen LogP contribution in [0.2, 0.25) is 0 Å². The molecule has 0 aromatic heterocycles. The molecule has 0 heterocycles. The molecule has 4 atom stereocenters. The van der Waals surface area contributed by atoms with Gasteiger partial charge in [-0.25, -0.2) is 13.1 Å². The molecule has 0 aliphatic heterocycles. The maximum Gasteiger partial charge on any atom is 0.242 e. The minimum Gasteiger partial charge on any atom is -0.398 e. The number of rotatable bonds is 11. The molecule has 4 N–H and O–H groups in total. The van der Waals surface area contributed by atoms with Gasteiger partial charge >= 0.3 is 0 Å². The molecule has 3 aliphatic rings. The van der Waals surface area contributed by atoms with Gasteiger partial charge in [-0.3, -0.25) is 0 Å². The summed E-state index contributed by atoms with van der Waals surface area (Å²) in [6, 6.07) is 5.83. The van der Waals surface area contributed by atoms with Crippen molar-refractivity contribution in [1.29, 1.82) is 0 Å². The van der Waals surface area contributed by atoms with Crippen LogP contribution in [0.25, 0.3) is 0 Å². The van der Waals surface area contributed by atoms with Crippen molar-refractivity contribution in [3.63, 3.8) is 0 Å². The molecular formula is C23H37N3O2S. The van der Waals surface area contributed by atoms with Crippen molar-refractivity contribution in [2.75, 3.05) is 17.6 Å². The topological polar surface area (TPSA) is 84.2 Å². The highest BCUT2D eigenvalue weighted by atomic mass is 32.2. The second kappa shape index (κ2) is 8.84. The molecule has 1 aromatic rings. The lowest BCUT2D eigenvalue weighted by Gasteiger charge is -2.24. The molecule has 4 rings (SSSR count). The molecule has 0 spiro atoms. The van der Waals surface area contributed by atoms with E-state index in [-0.39, 0.29) is 4.90 Å². The summed E-state index contributed by atoms with van der Waals surface area (Å²) in [5, 5.41) is 3.60. The zero-order valence-electron chi connectivity index (χ0n) is 17.7. The second-order valence-corrected chi connectivity index (χ2v) is 11.4. The molecule has 2 bridgehead atoms. The van der Waals surface area contributed by atoms with Crippen molar-refractivity contribution in [2.45, 2.75) is 82.1 Å². The third-order valence-corrected chi connectivity index (χ3v) is 8.83. The number of benzene rings is 1. The molecule has 0 saturated heterocycles. The van der Waals surface area contributed by atoms with Crippen LogP contribution in [0.4, 0.5) is 11.4 Å². The summed E-state index contributed by atoms with van der Waals surface area (Å²) in [5.74, 6) is 2.93. The monoisotopic (exact) mass is 419 g/mol. The highest BCUT2D eigenvalue weighted by Crippen LogP contribution is 2.45. The molecule has 29 heavy (non-hydrogen) atoms. The summed E-state index contributed by atoms with van der Waals surface area (Å²) in [4.78, 5) is 0.202. The van der Waals surface area contributed by atoms with E-state index in [9.17, 15) is 8.42 Å². The van der Waals surface area contributed by atoms with E-state index in [0.717, 1.165) is 42.7 Å². The van der Waals surface area contributed by atoms with E-state index in [1.54, 1.807) is 12.1 Å². The predicted molar refractivity (Wildman–Crippen MR) is 119 cm³/mol. The Morgan fingerprint density at radius 3 is 2.59 bits per heavy atom. The smallest absolute Gasteiger partial charge is 0.242 e. The third-order valence-electron chi connectivity index (χ3n) is 7.33. The number of sulfonamides is 1. The van der Waals surface area contributed by atoms with Gasteiger partial charge in [-0.05, 0) is 74.0 Å². The fourth-order valence-electron chi connectivity index (χ4n) is 5.46. The maximum atomic E-state index is 12.9. The van der Waals surface area contributed by atoms with E-state index in [4.69, 9.17) is 5.73 Å². The Morgan fingerprint density at radius 2 is 1.97 bits per heavy atom. The zero-order chi connectivity index (χ0) is 20.4. The van der Waals surface area contributed by atoms with E-state index in [1.165, 1.54) is 44.9 Å². The third kappa shape index (κ3) is 5.26. The molecule has 5 nitrogen and oxygen atoms in total. The minimum absolute atomic E-state index is 0.202. The van der Waals surface area contributed by atoms with Crippen LogP contribution in [0.15, 0.2) is 23.1 Å². The molecule has 4 unspecified atom stereocenters. The van der Waals surface area contributed by atoms with Gasteiger partial charge in [0.2, 0.25) is 10.0 Å². The zero-order valence-corrected chi connectivity index (χ0v) is 18.5. The Balaban J connectivity index is 1.35. The van der Waals surface area contributed by atoms with Gasteiger partial charge in [-0.2, -0.15) is 0 Å². The molecular weight excluding hydrogens is 382 g/mol. The van der Waals surface area contributed by atoms with Crippen LogP contribution >= 0.6 is 0 Å². The normalized spacial score (nSPS) is 27.3. The first kappa shape index (κ1) is 21.0. The Bertz CT molecular complexity index is 806. The summed E-state index contributed by atoms with van der Waals surface area (Å²) < 4.78 is 28.6. The van der Waals surface area contributed by atoms with Gasteiger partial charge in [0.25, 0.3) is 0 Å². The molecule has 3 aliphatic carbocycles. The Labute approximate surface area is 176 Å². The van der Waals surface area contributed by atoms with Crippen LogP contribution < -0.4 is 15.8 Å². The summed E-state index contributed by atoms with van der Waals surface area (Å²) in [6.07, 6.45) is 12.4. The molecule has 3 fully saturated rings. The van der Waals surface area contributed by atoms with Crippen molar-refractivity contribution in [3.05, 3.63) is 18.2 Å². The first-order valence-electron chi connectivity index (χ1n) is 11.6. The van der Waals surface area contributed by atoms with Gasteiger partial charge < -0.3 is 11.1 Å². The van der Waals surface area contributed by atoms with Crippen LogP contribution in [-0.4, -0.2) is 21.0 Å². The lowest BCUT2D eigenvalue weighted by molar-refractivity contribution is 0.415. The van der Waals surface area contributed by atoms with Crippen LogP contribution in [0, 0.1) is 23.7 Å². The van der Waals surface area contributed by atoms with Crippen LogP contribution in [0.3, 0.4) is 0 Å². The number of nitrogens with two attached hydrogens (primary N) is 1. The number of nitrogen functional groups attached to an aromatic ring is 1. The van der Waals surface area contributed by atoms with Crippen LogP contribution in [-0.2, 0) is 10.0 Å². The Morgan fingerprint density at radius 1 is 1.14 bits per heavy atom. The number of fused-ring (bicyclic) bond motifs is 2. The van der Waals surface area contributed by atoms with Crippen molar-refractivity contribution >= 4 is 21.4 Å². The highest BCUT2D eigenvalue weighted by molar-refractivity contribution is 7.89. The summed E-state index contributed by atoms with van der Waals surface area (Å²) in [6.45, 7) is 2.67. The van der Waals surface area contributed by atoms with E-state index < -0.39 is 10.0 Å². The van der Waals surface area contributed by atoms with Crippen molar-refractivity contribution in [3.8, 4) is 0 Å². The standard InChI is InChI=1S/C23H37N3O2S/c1-2-3-17(7-6-16-4-5-16)15-25-29(27,28)23-11-10-20(14-21(23)24)26-22-13-18-8-9-19(22)12-18/h10-11,14,16-19,22,25-26H,2-9,12-13,15,24H2,1H3. The number of nitrogens with one attached hydrogen (secondary N) is 2. The van der Waals surface area contributed by atoms with Crippen molar-refractivity contribution < 1.29 is 8.42 Å². The fraction of sp³-hybridized carbons (Fsp3) is 0.739. The second-order valence-electron chi connectivity index (χ2n) is 9.71. The van der Waals surface area contributed by atoms with Gasteiger partial charge in [0, 0.05) is 18.3 Å². The molecule has 3 saturated carbocycles. The van der Waals surface area contributed by atoms with Crippen molar-refractivity contribution in [1.82, 2.24) is 4.72 Å². The summed E-state index contributed by atoms with van der Waals surface area (Å²) in [7, 11) is -3.58. The summed E-state index contributed by atoms with van der Waals surface area (Å²) >= 11 is 0. The predicted octanol–water partition coefficient (Wildman–Crippen LogP) is 4.75. The first-order valence-corrected chi connectivity index (χ1v) is 13.1. The van der Waals surface area contributed by atoms with E-state index in [0.29, 0.717) is 24.2 Å². The molecule has 1 aromatic carbocycles. The van der Waals surface area contributed by atoms with Crippen LogP contribution in [0.5, 0.6) is 0 Å². The number of hydrogen-bond acceptors (Lipinski definition) is 4. The quantitative estimate of drug-likeness (QED) is 0.452. The average Bonchev–Trinajstić information content (AvgIpc) is 3.28. The molecule has 0 amide bonds. The molecule has 162 valence electrons. The van der Waals surface area contributed by atoms with E-state index in [2.05, 4.69) is 17.0 Å². The van der Waals surface area contributed by atoms with E-state index >= 15 is 0 Å². The Hall–Kier alpha value is -1.27. The highest BCUT2D eigenvalue weighted by Gasteiger charge is 2.39. The average molecular weight is 420 g/mol. The van der Waals surface area contributed by atoms with Gasteiger partial charge in [0.1, 0.15) is 4.90 Å².